The van der Waals surface area contributed by atoms with Gasteiger partial charge in [0.2, 0.25) is 0 Å². The van der Waals surface area contributed by atoms with Crippen LogP contribution in [-0.2, 0) is 11.2 Å². The molecular weight excluding hydrogens is 352 g/mol. The van der Waals surface area contributed by atoms with E-state index in [1.54, 1.807) is 0 Å². The van der Waals surface area contributed by atoms with Crippen molar-refractivity contribution in [2.45, 2.75) is 45.1 Å². The van der Waals surface area contributed by atoms with Gasteiger partial charge in [0.25, 0.3) is 5.91 Å². The number of carbonyl (C=O) groups excluding carboxylic acids is 1. The maximum absolute atomic E-state index is 12.6. The largest absolute Gasteiger partial charge is 0.483 e. The molecule has 28 heavy (non-hydrogen) atoms. The highest BCUT2D eigenvalue weighted by Crippen LogP contribution is 2.41. The van der Waals surface area contributed by atoms with Crippen molar-refractivity contribution in [2.24, 2.45) is 0 Å². The Hall–Kier alpha value is -2.69. The number of nitrogens with one attached hydrogen (secondary N) is 1. The van der Waals surface area contributed by atoms with Crippen molar-refractivity contribution in [2.75, 3.05) is 29.9 Å². The summed E-state index contributed by atoms with van der Waals surface area (Å²) in [5.74, 6) is 1.22. The van der Waals surface area contributed by atoms with Crippen LogP contribution in [0.15, 0.2) is 42.5 Å². The van der Waals surface area contributed by atoms with Crippen molar-refractivity contribution >= 4 is 17.3 Å². The molecule has 2 aromatic carbocycles. The number of ether oxygens (including phenoxy) is 2. The number of anilines is 2. The molecule has 2 aliphatic rings. The molecule has 4 rings (SSSR count). The maximum atomic E-state index is 12.6. The van der Waals surface area contributed by atoms with Crippen molar-refractivity contribution in [3.63, 3.8) is 0 Å². The molecule has 0 radical (unpaired) electrons. The molecule has 2 aromatic rings. The Balaban J connectivity index is 1.41. The fraction of sp³-hybridized carbons (Fsp3) is 0.435. The smallest absolute Gasteiger partial charge is 0.262 e. The Morgan fingerprint density at radius 1 is 1.11 bits per heavy atom. The monoisotopic (exact) mass is 380 g/mol. The zero-order valence-electron chi connectivity index (χ0n) is 16.7. The molecule has 0 spiro atoms. The highest BCUT2D eigenvalue weighted by atomic mass is 16.5. The molecule has 1 amide bonds. The Morgan fingerprint density at radius 2 is 1.89 bits per heavy atom. The molecule has 0 bridgehead atoms. The van der Waals surface area contributed by atoms with Crippen LogP contribution < -0.4 is 19.7 Å². The molecule has 2 aliphatic heterocycles. The topological polar surface area (TPSA) is 50.8 Å². The molecule has 2 heterocycles. The molecule has 1 N–H and O–H groups in total. The number of hydrogen-bond acceptors (Lipinski definition) is 4. The van der Waals surface area contributed by atoms with Crippen LogP contribution in [-0.4, -0.2) is 31.2 Å². The Labute approximate surface area is 166 Å². The minimum absolute atomic E-state index is 0.0470. The van der Waals surface area contributed by atoms with E-state index >= 15 is 0 Å². The summed E-state index contributed by atoms with van der Waals surface area (Å²) >= 11 is 0. The van der Waals surface area contributed by atoms with Crippen LogP contribution in [0.4, 0.5) is 11.4 Å². The molecule has 5 heteroatoms. The second-order valence-electron chi connectivity index (χ2n) is 8.18. The molecule has 0 atom stereocenters. The summed E-state index contributed by atoms with van der Waals surface area (Å²) in [5, 5.41) is 3.02. The normalized spacial score (nSPS) is 17.6. The quantitative estimate of drug-likeness (QED) is 0.835. The van der Waals surface area contributed by atoms with E-state index in [2.05, 4.69) is 30.1 Å². The number of piperidine rings is 1. The molecule has 0 aromatic heterocycles. The van der Waals surface area contributed by atoms with Gasteiger partial charge in [-0.25, -0.2) is 0 Å². The lowest BCUT2D eigenvalue weighted by Gasteiger charge is -2.30. The molecular formula is C23H28N2O3. The van der Waals surface area contributed by atoms with E-state index in [-0.39, 0.29) is 18.1 Å². The average Bonchev–Trinajstić information content (AvgIpc) is 3.02. The number of benzene rings is 2. The van der Waals surface area contributed by atoms with Gasteiger partial charge in [0, 0.05) is 25.1 Å². The van der Waals surface area contributed by atoms with Crippen LogP contribution in [0.1, 0.15) is 38.7 Å². The molecule has 0 unspecified atom stereocenters. The van der Waals surface area contributed by atoms with E-state index in [1.165, 1.54) is 19.3 Å². The van der Waals surface area contributed by atoms with Crippen molar-refractivity contribution < 1.29 is 14.3 Å². The molecule has 5 nitrogen and oxygen atoms in total. The third-order valence-electron chi connectivity index (χ3n) is 5.29. The zero-order valence-corrected chi connectivity index (χ0v) is 16.7. The minimum atomic E-state index is -0.239. The zero-order chi connectivity index (χ0) is 19.6. The third-order valence-corrected chi connectivity index (χ3v) is 5.29. The summed E-state index contributed by atoms with van der Waals surface area (Å²) < 4.78 is 11.8. The van der Waals surface area contributed by atoms with Gasteiger partial charge in [-0.1, -0.05) is 24.3 Å². The van der Waals surface area contributed by atoms with Gasteiger partial charge >= 0.3 is 0 Å². The highest BCUT2D eigenvalue weighted by Gasteiger charge is 2.32. The summed E-state index contributed by atoms with van der Waals surface area (Å²) in [6.07, 6.45) is 4.51. The summed E-state index contributed by atoms with van der Waals surface area (Å²) in [7, 11) is 0. The van der Waals surface area contributed by atoms with Gasteiger partial charge in [-0.05, 0) is 51.3 Å². The van der Waals surface area contributed by atoms with Gasteiger partial charge in [0.05, 0.1) is 11.4 Å². The number of fused-ring (bicyclic) bond motifs is 1. The number of amides is 1. The van der Waals surface area contributed by atoms with Crippen molar-refractivity contribution in [3.05, 3.63) is 48.0 Å². The van der Waals surface area contributed by atoms with Crippen LogP contribution in [0.3, 0.4) is 0 Å². The van der Waals surface area contributed by atoms with Crippen molar-refractivity contribution in [1.29, 1.82) is 0 Å². The lowest BCUT2D eigenvalue weighted by molar-refractivity contribution is -0.118. The van der Waals surface area contributed by atoms with E-state index in [0.29, 0.717) is 5.75 Å². The Bertz CT molecular complexity index is 857. The fourth-order valence-electron chi connectivity index (χ4n) is 4.02. The predicted octanol–water partition coefficient (Wildman–Crippen LogP) is 4.41. The molecule has 0 saturated carbocycles. The van der Waals surface area contributed by atoms with Crippen molar-refractivity contribution in [3.8, 4) is 11.5 Å². The van der Waals surface area contributed by atoms with E-state index < -0.39 is 0 Å². The Kier molecular flexibility index (Phi) is 5.16. The van der Waals surface area contributed by atoms with Gasteiger partial charge in [-0.2, -0.15) is 0 Å². The molecule has 148 valence electrons. The van der Waals surface area contributed by atoms with Gasteiger partial charge in [0.15, 0.2) is 18.1 Å². The molecule has 0 aliphatic carbocycles. The molecule has 1 saturated heterocycles. The molecule has 1 fully saturated rings. The Morgan fingerprint density at radius 3 is 2.71 bits per heavy atom. The number of nitrogens with zero attached hydrogens (tertiary/aromatic N) is 1. The van der Waals surface area contributed by atoms with Gasteiger partial charge < -0.3 is 19.7 Å². The first-order valence-corrected chi connectivity index (χ1v) is 10.1. The average molecular weight is 380 g/mol. The van der Waals surface area contributed by atoms with Crippen LogP contribution in [0.2, 0.25) is 0 Å². The highest BCUT2D eigenvalue weighted by molar-refractivity contribution is 5.95. The standard InChI is InChI=1S/C23H28N2O3/c1-23(2)15-17-9-8-12-20(22(17)28-23)27-16-21(26)24-18-10-4-5-11-19(18)25-13-6-3-7-14-25/h4-5,8-12H,3,6-7,13-16H2,1-2H3,(H,24,26). The van der Waals surface area contributed by atoms with E-state index in [9.17, 15) is 4.79 Å². The number of hydrogen-bond donors (Lipinski definition) is 1. The lowest BCUT2D eigenvalue weighted by atomic mass is 10.0. The van der Waals surface area contributed by atoms with Crippen LogP contribution in [0.5, 0.6) is 11.5 Å². The van der Waals surface area contributed by atoms with Gasteiger partial charge in [0.1, 0.15) is 5.60 Å². The number of rotatable bonds is 5. The summed E-state index contributed by atoms with van der Waals surface area (Å²) in [5.41, 5.74) is 2.81. The summed E-state index contributed by atoms with van der Waals surface area (Å²) in [4.78, 5) is 14.9. The summed E-state index contributed by atoms with van der Waals surface area (Å²) in [6, 6.07) is 13.8. The number of carbonyl (C=O) groups is 1. The maximum Gasteiger partial charge on any atom is 0.262 e. The van der Waals surface area contributed by atoms with Gasteiger partial charge in [-0.15, -0.1) is 0 Å². The fourth-order valence-corrected chi connectivity index (χ4v) is 4.02. The first-order valence-electron chi connectivity index (χ1n) is 10.1. The van der Waals surface area contributed by atoms with E-state index in [4.69, 9.17) is 9.47 Å². The summed E-state index contributed by atoms with van der Waals surface area (Å²) in [6.45, 7) is 6.13. The first kappa shape index (κ1) is 18.7. The van der Waals surface area contributed by atoms with Crippen LogP contribution in [0, 0.1) is 0 Å². The second-order valence-corrected chi connectivity index (χ2v) is 8.18. The lowest BCUT2D eigenvalue weighted by Crippen LogP contribution is -2.31. The van der Waals surface area contributed by atoms with E-state index in [0.717, 1.165) is 42.2 Å². The van der Waals surface area contributed by atoms with Crippen molar-refractivity contribution in [1.82, 2.24) is 0 Å². The van der Waals surface area contributed by atoms with Crippen LogP contribution >= 0.6 is 0 Å². The SMILES string of the molecule is CC1(C)Cc2cccc(OCC(=O)Nc3ccccc3N3CCCCC3)c2O1. The number of para-hydroxylation sites is 3. The first-order chi connectivity index (χ1) is 13.5. The minimum Gasteiger partial charge on any atom is -0.483 e. The van der Waals surface area contributed by atoms with E-state index in [1.807, 2.05) is 36.4 Å². The predicted molar refractivity (Wildman–Crippen MR) is 111 cm³/mol. The van der Waals surface area contributed by atoms with Crippen LogP contribution in [0.25, 0.3) is 0 Å². The van der Waals surface area contributed by atoms with Gasteiger partial charge in [-0.3, -0.25) is 4.79 Å². The third kappa shape index (κ3) is 4.08. The second kappa shape index (κ2) is 7.74.